The van der Waals surface area contributed by atoms with Crippen molar-refractivity contribution in [2.24, 2.45) is 11.3 Å². The average molecular weight is 802 g/mol. The van der Waals surface area contributed by atoms with Crippen molar-refractivity contribution in [1.82, 2.24) is 25.2 Å². The van der Waals surface area contributed by atoms with Crippen LogP contribution in [0.15, 0.2) is 43.0 Å². The van der Waals surface area contributed by atoms with Crippen molar-refractivity contribution >= 4 is 45.7 Å². The first-order valence-electron chi connectivity index (χ1n) is 18.8. The molecule has 2 heterocycles. The molecule has 2 aliphatic heterocycles. The Morgan fingerprint density at radius 1 is 1.07 bits per heavy atom. The Kier molecular flexibility index (Phi) is 12.1. The smallest absolute Gasteiger partial charge is 0.410 e. The second-order valence-electron chi connectivity index (χ2n) is 17.1. The second kappa shape index (κ2) is 16.0. The number of benzene rings is 1. The first-order valence-corrected chi connectivity index (χ1v) is 20.3. The average Bonchev–Trinajstić information content (AvgIpc) is 3.98. The van der Waals surface area contributed by atoms with Crippen LogP contribution in [-0.4, -0.2) is 95.0 Å². The summed E-state index contributed by atoms with van der Waals surface area (Å²) >= 11 is 0. The Hall–Kier alpha value is -4.80. The standard InChI is InChI=1S/C39H52FN5O10S/c1-8-24-19-39(24,34(49)43-56(52,53)27-13-14-27)42-32(47)31-18-26(54-36(51)44-20-23-10-9-11-29(40)28(23)22-44)21-45(31)33(48)30(41-35(50)55-38(5,6)7)15-12-25(46)16-17-37(2,3)4/h8-11,16-17,24,26-27,30-31H,1,12-15,18-22H2,2-7H3,(H,41,50)(H,42,47)(H,43,49)/b17-16+/t24?,26-,30?,31?,39?/m1/s1. The van der Waals surface area contributed by atoms with E-state index in [1.807, 2.05) is 20.8 Å². The molecule has 5 rings (SSSR count). The number of carbonyl (C=O) groups is 6. The van der Waals surface area contributed by atoms with Crippen molar-refractivity contribution < 1.29 is 51.0 Å². The number of ketones is 1. The van der Waals surface area contributed by atoms with E-state index in [0.29, 0.717) is 24.0 Å². The lowest BCUT2D eigenvalue weighted by Crippen LogP contribution is -2.58. The molecule has 4 aliphatic rings. The molecule has 0 bridgehead atoms. The second-order valence-corrected chi connectivity index (χ2v) is 19.0. The zero-order valence-corrected chi connectivity index (χ0v) is 33.5. The Morgan fingerprint density at radius 2 is 1.77 bits per heavy atom. The quantitative estimate of drug-likeness (QED) is 0.195. The molecule has 2 saturated carbocycles. The highest BCUT2D eigenvalue weighted by atomic mass is 32.2. The fourth-order valence-corrected chi connectivity index (χ4v) is 8.11. The van der Waals surface area contributed by atoms with Gasteiger partial charge in [0.05, 0.1) is 18.3 Å². The van der Waals surface area contributed by atoms with Crippen LogP contribution in [0.25, 0.3) is 0 Å². The van der Waals surface area contributed by atoms with Gasteiger partial charge in [-0.25, -0.2) is 22.4 Å². The number of likely N-dealkylation sites (tertiary alicyclic amines) is 1. The Balaban J connectivity index is 1.39. The predicted octanol–water partition coefficient (Wildman–Crippen LogP) is 3.76. The molecule has 306 valence electrons. The van der Waals surface area contributed by atoms with Crippen molar-refractivity contribution in [3.05, 3.63) is 60.0 Å². The first-order chi connectivity index (χ1) is 26.0. The van der Waals surface area contributed by atoms with E-state index in [2.05, 4.69) is 21.9 Å². The molecular formula is C39H52FN5O10S. The summed E-state index contributed by atoms with van der Waals surface area (Å²) < 4.78 is 53.1. The number of ether oxygens (including phenoxy) is 2. The van der Waals surface area contributed by atoms with Gasteiger partial charge in [-0.15, -0.1) is 6.58 Å². The summed E-state index contributed by atoms with van der Waals surface area (Å²) in [6.07, 6.45) is 2.01. The summed E-state index contributed by atoms with van der Waals surface area (Å²) in [4.78, 5) is 83.8. The lowest BCUT2D eigenvalue weighted by molar-refractivity contribution is -0.141. The molecule has 0 spiro atoms. The van der Waals surface area contributed by atoms with Gasteiger partial charge in [0.15, 0.2) is 5.78 Å². The van der Waals surface area contributed by atoms with Gasteiger partial charge >= 0.3 is 12.2 Å². The van der Waals surface area contributed by atoms with E-state index >= 15 is 0 Å². The van der Waals surface area contributed by atoms with Crippen molar-refractivity contribution in [1.29, 1.82) is 0 Å². The summed E-state index contributed by atoms with van der Waals surface area (Å²) in [6, 6.07) is 1.77. The van der Waals surface area contributed by atoms with Crippen LogP contribution < -0.4 is 15.4 Å². The molecule has 1 aromatic carbocycles. The zero-order valence-electron chi connectivity index (χ0n) is 32.7. The molecule has 5 atom stereocenters. The van der Waals surface area contributed by atoms with E-state index < -0.39 is 86.2 Å². The van der Waals surface area contributed by atoms with Gasteiger partial charge < -0.3 is 25.0 Å². The Bertz CT molecular complexity index is 1920. The monoisotopic (exact) mass is 801 g/mol. The van der Waals surface area contributed by atoms with Gasteiger partial charge in [0.25, 0.3) is 5.91 Å². The van der Waals surface area contributed by atoms with Crippen LogP contribution in [0.2, 0.25) is 0 Å². The topological polar surface area (TPSA) is 198 Å². The van der Waals surface area contributed by atoms with Crippen LogP contribution in [0.5, 0.6) is 0 Å². The van der Waals surface area contributed by atoms with E-state index in [9.17, 15) is 41.6 Å². The molecule has 0 aromatic heterocycles. The summed E-state index contributed by atoms with van der Waals surface area (Å²) in [7, 11) is -3.97. The lowest BCUT2D eigenvalue weighted by atomic mass is 9.95. The number of hydrogen-bond donors (Lipinski definition) is 3. The van der Waals surface area contributed by atoms with Gasteiger partial charge in [-0.1, -0.05) is 45.1 Å². The molecule has 56 heavy (non-hydrogen) atoms. The van der Waals surface area contributed by atoms with E-state index in [1.165, 1.54) is 29.2 Å². The summed E-state index contributed by atoms with van der Waals surface area (Å²) in [6.45, 7) is 14.1. The number of halogens is 1. The highest BCUT2D eigenvalue weighted by molar-refractivity contribution is 7.91. The van der Waals surface area contributed by atoms with Crippen molar-refractivity contribution in [2.45, 2.75) is 128 Å². The minimum atomic E-state index is -3.97. The SMILES string of the molecule is C=CC1CC1(NC(=O)C1C[C@@H](OC(=O)N2Cc3cccc(F)c3C2)CN1C(=O)C(CCC(=O)/C=C/C(C)(C)C)NC(=O)OC(C)(C)C)C(=O)NS(=O)(=O)C1CC1. The number of sulfonamides is 1. The molecule has 1 aromatic rings. The molecule has 3 fully saturated rings. The number of fused-ring (bicyclic) bond motifs is 1. The Morgan fingerprint density at radius 3 is 2.36 bits per heavy atom. The highest BCUT2D eigenvalue weighted by Gasteiger charge is 2.62. The molecule has 3 N–H and O–H groups in total. The van der Waals surface area contributed by atoms with Gasteiger partial charge in [-0.3, -0.25) is 28.8 Å². The number of hydrogen-bond acceptors (Lipinski definition) is 10. The van der Waals surface area contributed by atoms with Crippen molar-refractivity contribution in [2.75, 3.05) is 6.54 Å². The third-order valence-electron chi connectivity index (χ3n) is 9.99. The highest BCUT2D eigenvalue weighted by Crippen LogP contribution is 2.45. The third-order valence-corrected chi connectivity index (χ3v) is 11.8. The predicted molar refractivity (Wildman–Crippen MR) is 201 cm³/mol. The number of carbonyl (C=O) groups excluding carboxylic acids is 6. The van der Waals surface area contributed by atoms with Crippen LogP contribution in [0, 0.1) is 17.2 Å². The number of nitrogens with zero attached hydrogens (tertiary/aromatic N) is 2. The van der Waals surface area contributed by atoms with Crippen LogP contribution in [-0.2, 0) is 51.8 Å². The fraction of sp³-hybridized carbons (Fsp3) is 0.590. The largest absolute Gasteiger partial charge is 0.444 e. The molecule has 4 unspecified atom stereocenters. The molecule has 1 saturated heterocycles. The van der Waals surface area contributed by atoms with Crippen LogP contribution in [0.1, 0.15) is 91.2 Å². The lowest BCUT2D eigenvalue weighted by Gasteiger charge is -2.30. The van der Waals surface area contributed by atoms with Crippen molar-refractivity contribution in [3.8, 4) is 0 Å². The number of amides is 5. The van der Waals surface area contributed by atoms with E-state index in [-0.39, 0.29) is 56.5 Å². The van der Waals surface area contributed by atoms with E-state index in [0.717, 1.165) is 4.90 Å². The maximum Gasteiger partial charge on any atom is 0.410 e. The van der Waals surface area contributed by atoms with Gasteiger partial charge in [-0.05, 0) is 69.6 Å². The van der Waals surface area contributed by atoms with Gasteiger partial charge in [0, 0.05) is 30.9 Å². The summed E-state index contributed by atoms with van der Waals surface area (Å²) in [5.41, 5.74) is -1.95. The van der Waals surface area contributed by atoms with Crippen LogP contribution in [0.3, 0.4) is 0 Å². The van der Waals surface area contributed by atoms with Gasteiger partial charge in [0.2, 0.25) is 21.8 Å². The summed E-state index contributed by atoms with van der Waals surface area (Å²) in [5, 5.41) is 4.50. The normalized spacial score (nSPS) is 23.9. The Labute approximate surface area is 326 Å². The number of alkyl carbamates (subject to hydrolysis) is 1. The van der Waals surface area contributed by atoms with Gasteiger partial charge in [0.1, 0.15) is 35.1 Å². The molecule has 5 amide bonds. The van der Waals surface area contributed by atoms with E-state index in [4.69, 9.17) is 9.47 Å². The van der Waals surface area contributed by atoms with Gasteiger partial charge in [-0.2, -0.15) is 0 Å². The number of rotatable bonds is 13. The first kappa shape index (κ1) is 42.3. The van der Waals surface area contributed by atoms with Crippen LogP contribution in [0.4, 0.5) is 14.0 Å². The van der Waals surface area contributed by atoms with E-state index in [1.54, 1.807) is 32.9 Å². The molecule has 2 aliphatic carbocycles. The number of allylic oxidation sites excluding steroid dienone is 2. The fourth-order valence-electron chi connectivity index (χ4n) is 6.74. The van der Waals surface area contributed by atoms with Crippen LogP contribution >= 0.6 is 0 Å². The molecule has 17 heteroatoms. The zero-order chi connectivity index (χ0) is 41.4. The maximum absolute atomic E-state index is 14.5. The maximum atomic E-state index is 14.5. The third kappa shape index (κ3) is 10.3. The number of nitrogens with one attached hydrogen (secondary N) is 3. The molecular weight excluding hydrogens is 750 g/mol. The summed E-state index contributed by atoms with van der Waals surface area (Å²) in [5.74, 6) is -3.96. The van der Waals surface area contributed by atoms with Crippen molar-refractivity contribution in [3.63, 3.8) is 0 Å². The molecule has 0 radical (unpaired) electrons. The molecule has 15 nitrogen and oxygen atoms in total. The minimum absolute atomic E-state index is 0.0481. The minimum Gasteiger partial charge on any atom is -0.444 e.